The minimum atomic E-state index is -0.109. The molecular weight excluding hydrogens is 352 g/mol. The first-order valence-electron chi connectivity index (χ1n) is 9.41. The zero-order valence-electron chi connectivity index (χ0n) is 15.7. The number of aryl methyl sites for hydroxylation is 1. The standard InChI is InChI=1S/C21H22N6O/c1-15-5-2-8-23-19(15)26-18-13-16(7-11-22-18)17-6-3-12-27(14-17)21(28)20-24-9-4-10-25-20/h2,4-5,7-11,13,17H,3,6,12,14H2,1H3,(H,22,23,26). The van der Waals surface area contributed by atoms with Crippen LogP contribution in [0.1, 0.15) is 40.5 Å². The van der Waals surface area contributed by atoms with E-state index in [4.69, 9.17) is 0 Å². The van der Waals surface area contributed by atoms with Crippen molar-refractivity contribution >= 4 is 17.5 Å². The van der Waals surface area contributed by atoms with Crippen LogP contribution in [0.25, 0.3) is 0 Å². The quantitative estimate of drug-likeness (QED) is 0.754. The molecule has 1 aliphatic heterocycles. The normalized spacial score (nSPS) is 16.6. The van der Waals surface area contributed by atoms with Crippen LogP contribution >= 0.6 is 0 Å². The van der Waals surface area contributed by atoms with E-state index in [0.717, 1.165) is 42.1 Å². The van der Waals surface area contributed by atoms with E-state index in [1.165, 1.54) is 0 Å². The van der Waals surface area contributed by atoms with Crippen molar-refractivity contribution in [1.29, 1.82) is 0 Å². The Balaban J connectivity index is 1.49. The van der Waals surface area contributed by atoms with Gasteiger partial charge in [0.05, 0.1) is 0 Å². The molecule has 0 saturated carbocycles. The maximum absolute atomic E-state index is 12.7. The van der Waals surface area contributed by atoms with Gasteiger partial charge in [0.25, 0.3) is 5.91 Å². The molecule has 28 heavy (non-hydrogen) atoms. The molecule has 7 nitrogen and oxygen atoms in total. The number of carbonyl (C=O) groups excluding carboxylic acids is 1. The van der Waals surface area contributed by atoms with E-state index in [9.17, 15) is 4.79 Å². The van der Waals surface area contributed by atoms with Gasteiger partial charge in [0.1, 0.15) is 11.6 Å². The molecule has 0 bridgehead atoms. The number of aromatic nitrogens is 4. The van der Waals surface area contributed by atoms with Crippen LogP contribution in [0.4, 0.5) is 11.6 Å². The monoisotopic (exact) mass is 374 g/mol. The van der Waals surface area contributed by atoms with Crippen molar-refractivity contribution in [2.45, 2.75) is 25.7 Å². The fraction of sp³-hybridized carbons (Fsp3) is 0.286. The lowest BCUT2D eigenvalue weighted by Gasteiger charge is -2.32. The zero-order chi connectivity index (χ0) is 19.3. The largest absolute Gasteiger partial charge is 0.335 e. The van der Waals surface area contributed by atoms with Crippen LogP contribution in [0.15, 0.2) is 55.1 Å². The van der Waals surface area contributed by atoms with Gasteiger partial charge >= 0.3 is 0 Å². The van der Waals surface area contributed by atoms with Gasteiger partial charge in [0.2, 0.25) is 5.82 Å². The smallest absolute Gasteiger partial charge is 0.291 e. The number of nitrogens with zero attached hydrogens (tertiary/aromatic N) is 5. The second kappa shape index (κ2) is 8.12. The Labute approximate surface area is 163 Å². The highest BCUT2D eigenvalue weighted by Crippen LogP contribution is 2.29. The van der Waals surface area contributed by atoms with E-state index in [1.54, 1.807) is 30.9 Å². The predicted octanol–water partition coefficient (Wildman–Crippen LogP) is 3.34. The Kier molecular flexibility index (Phi) is 5.23. The van der Waals surface area contributed by atoms with Crippen LogP contribution in [-0.4, -0.2) is 43.8 Å². The molecule has 1 saturated heterocycles. The number of rotatable bonds is 4. The molecule has 0 radical (unpaired) electrons. The second-order valence-corrected chi connectivity index (χ2v) is 6.93. The molecule has 7 heteroatoms. The maximum Gasteiger partial charge on any atom is 0.291 e. The summed E-state index contributed by atoms with van der Waals surface area (Å²) in [6.45, 7) is 3.40. The van der Waals surface area contributed by atoms with Crippen LogP contribution < -0.4 is 5.32 Å². The molecule has 3 aromatic rings. The van der Waals surface area contributed by atoms with Gasteiger partial charge in [0, 0.05) is 43.8 Å². The Morgan fingerprint density at radius 2 is 1.89 bits per heavy atom. The summed E-state index contributed by atoms with van der Waals surface area (Å²) in [5.41, 5.74) is 2.23. The van der Waals surface area contributed by atoms with E-state index >= 15 is 0 Å². The average Bonchev–Trinajstić information content (AvgIpc) is 2.76. The van der Waals surface area contributed by atoms with Gasteiger partial charge in [-0.25, -0.2) is 19.9 Å². The summed E-state index contributed by atoms with van der Waals surface area (Å²) in [4.78, 5) is 31.5. The molecular formula is C21H22N6O. The summed E-state index contributed by atoms with van der Waals surface area (Å²) in [5, 5.41) is 3.29. The lowest BCUT2D eigenvalue weighted by Crippen LogP contribution is -2.39. The first-order valence-corrected chi connectivity index (χ1v) is 9.41. The average molecular weight is 374 g/mol. The van der Waals surface area contributed by atoms with Gasteiger partial charge in [-0.2, -0.15) is 0 Å². The van der Waals surface area contributed by atoms with Crippen molar-refractivity contribution < 1.29 is 4.79 Å². The number of anilines is 2. The first kappa shape index (κ1) is 18.0. The Bertz CT molecular complexity index is 962. The van der Waals surface area contributed by atoms with E-state index < -0.39 is 0 Å². The number of likely N-dealkylation sites (tertiary alicyclic amines) is 1. The third-order valence-corrected chi connectivity index (χ3v) is 4.98. The third-order valence-electron chi connectivity index (χ3n) is 4.98. The fourth-order valence-electron chi connectivity index (χ4n) is 3.49. The summed E-state index contributed by atoms with van der Waals surface area (Å²) in [7, 11) is 0. The van der Waals surface area contributed by atoms with Crippen LogP contribution in [0.2, 0.25) is 0 Å². The summed E-state index contributed by atoms with van der Waals surface area (Å²) >= 11 is 0. The van der Waals surface area contributed by atoms with E-state index in [2.05, 4.69) is 25.3 Å². The van der Waals surface area contributed by atoms with Gasteiger partial charge < -0.3 is 10.2 Å². The number of pyridine rings is 2. The Morgan fingerprint density at radius 3 is 2.71 bits per heavy atom. The molecule has 142 valence electrons. The molecule has 0 aliphatic carbocycles. The number of amides is 1. The van der Waals surface area contributed by atoms with Crippen LogP contribution in [-0.2, 0) is 0 Å². The molecule has 1 aliphatic rings. The number of nitrogens with one attached hydrogen (secondary N) is 1. The molecule has 4 heterocycles. The van der Waals surface area contributed by atoms with Crippen molar-refractivity contribution in [2.75, 3.05) is 18.4 Å². The summed E-state index contributed by atoms with van der Waals surface area (Å²) in [5.74, 6) is 1.96. The van der Waals surface area contributed by atoms with Gasteiger partial charge in [-0.05, 0) is 55.2 Å². The minimum Gasteiger partial charge on any atom is -0.335 e. The second-order valence-electron chi connectivity index (χ2n) is 6.93. The molecule has 1 fully saturated rings. The van der Waals surface area contributed by atoms with Crippen molar-refractivity contribution in [3.8, 4) is 0 Å². The number of piperidine rings is 1. The van der Waals surface area contributed by atoms with Gasteiger partial charge in [-0.1, -0.05) is 6.07 Å². The Morgan fingerprint density at radius 1 is 1.07 bits per heavy atom. The lowest BCUT2D eigenvalue weighted by atomic mass is 9.91. The van der Waals surface area contributed by atoms with E-state index in [0.29, 0.717) is 6.54 Å². The topological polar surface area (TPSA) is 83.9 Å². The molecule has 1 N–H and O–H groups in total. The molecule has 4 rings (SSSR count). The Hall–Kier alpha value is -3.35. The van der Waals surface area contributed by atoms with Gasteiger partial charge in [-0.15, -0.1) is 0 Å². The van der Waals surface area contributed by atoms with Gasteiger partial charge in [0.15, 0.2) is 0 Å². The predicted molar refractivity (Wildman–Crippen MR) is 106 cm³/mol. The molecule has 1 atom stereocenters. The number of hydrogen-bond donors (Lipinski definition) is 1. The summed E-state index contributed by atoms with van der Waals surface area (Å²) in [6.07, 6.45) is 8.75. The zero-order valence-corrected chi connectivity index (χ0v) is 15.7. The van der Waals surface area contributed by atoms with Crippen molar-refractivity contribution in [3.63, 3.8) is 0 Å². The molecule has 1 amide bonds. The highest BCUT2D eigenvalue weighted by molar-refractivity contribution is 5.90. The van der Waals surface area contributed by atoms with Crippen molar-refractivity contribution in [2.24, 2.45) is 0 Å². The SMILES string of the molecule is Cc1cccnc1Nc1cc(C2CCCN(C(=O)c3ncccn3)C2)ccn1. The van der Waals surface area contributed by atoms with Crippen LogP contribution in [0, 0.1) is 6.92 Å². The van der Waals surface area contributed by atoms with Crippen LogP contribution in [0.5, 0.6) is 0 Å². The third kappa shape index (κ3) is 3.98. The fourth-order valence-corrected chi connectivity index (χ4v) is 3.49. The van der Waals surface area contributed by atoms with Crippen LogP contribution in [0.3, 0.4) is 0 Å². The molecule has 0 aromatic carbocycles. The molecule has 1 unspecified atom stereocenters. The highest BCUT2D eigenvalue weighted by Gasteiger charge is 2.27. The van der Waals surface area contributed by atoms with E-state index in [-0.39, 0.29) is 17.6 Å². The van der Waals surface area contributed by atoms with Crippen molar-refractivity contribution in [3.05, 3.63) is 72.1 Å². The number of hydrogen-bond acceptors (Lipinski definition) is 6. The summed E-state index contributed by atoms with van der Waals surface area (Å²) < 4.78 is 0. The first-order chi connectivity index (χ1) is 13.7. The molecule has 0 spiro atoms. The molecule has 3 aromatic heterocycles. The maximum atomic E-state index is 12.7. The van der Waals surface area contributed by atoms with E-state index in [1.807, 2.05) is 36.1 Å². The lowest BCUT2D eigenvalue weighted by molar-refractivity contribution is 0.0694. The highest BCUT2D eigenvalue weighted by atomic mass is 16.2. The van der Waals surface area contributed by atoms with Gasteiger partial charge in [-0.3, -0.25) is 4.79 Å². The number of carbonyl (C=O) groups is 1. The van der Waals surface area contributed by atoms with Crippen molar-refractivity contribution in [1.82, 2.24) is 24.8 Å². The summed E-state index contributed by atoms with van der Waals surface area (Å²) in [6, 6.07) is 9.70. The minimum absolute atomic E-state index is 0.109.